The number of piperazine rings is 1. The Bertz CT molecular complexity index is 1360. The highest BCUT2D eigenvalue weighted by molar-refractivity contribution is 5.77. The molecule has 1 unspecified atom stereocenters. The van der Waals surface area contributed by atoms with Crippen LogP contribution in [0, 0.1) is 13.8 Å². The van der Waals surface area contributed by atoms with Gasteiger partial charge in [0, 0.05) is 50.1 Å². The molecule has 3 aromatic rings. The lowest BCUT2D eigenvalue weighted by Gasteiger charge is -2.43. The largest absolute Gasteiger partial charge is 0.467 e. The Morgan fingerprint density at radius 3 is 2.44 bits per heavy atom. The first-order chi connectivity index (χ1) is 18.5. The number of aromatic nitrogens is 4. The van der Waals surface area contributed by atoms with Gasteiger partial charge in [-0.3, -0.25) is 9.48 Å². The maximum absolute atomic E-state index is 14.0. The number of ether oxygens (including phenoxy) is 1. The van der Waals surface area contributed by atoms with Gasteiger partial charge in [-0.05, 0) is 56.5 Å². The molecule has 0 radical (unpaired) electrons. The summed E-state index contributed by atoms with van der Waals surface area (Å²) >= 11 is 0. The fraction of sp³-hybridized carbons (Fsp3) is 0.481. The van der Waals surface area contributed by atoms with E-state index in [-0.39, 0.29) is 30.9 Å². The van der Waals surface area contributed by atoms with Crippen LogP contribution in [-0.4, -0.2) is 69.9 Å². The Balaban J connectivity index is 1.39. The minimum Gasteiger partial charge on any atom is -0.467 e. The Kier molecular flexibility index (Phi) is 7.13. The Hall–Kier alpha value is -3.83. The molecule has 2 aliphatic rings. The molecule has 0 saturated carbocycles. The monoisotopic (exact) mass is 543 g/mol. The molecular weight excluding hydrogens is 511 g/mol. The number of hydrogen-bond donors (Lipinski definition) is 0. The first kappa shape index (κ1) is 26.8. The first-order valence-electron chi connectivity index (χ1n) is 12.9. The number of fused-ring (bicyclic) bond motifs is 1. The van der Waals surface area contributed by atoms with Gasteiger partial charge < -0.3 is 19.4 Å². The molecule has 208 valence electrons. The van der Waals surface area contributed by atoms with Gasteiger partial charge in [-0.1, -0.05) is 0 Å². The van der Waals surface area contributed by atoms with Crippen molar-refractivity contribution in [1.82, 2.24) is 24.6 Å². The highest BCUT2D eigenvalue weighted by Gasteiger charge is 2.38. The van der Waals surface area contributed by atoms with Crippen molar-refractivity contribution in [2.45, 2.75) is 52.5 Å². The standard InChI is InChI=1S/C27H32F3N7O2/c1-17-11-18(2)37(33-17)16-25(38)36-10-9-35(14-19(36)3)24-6-5-23(27(28,29)30)21-7-8-34(15-22(21)24)20-12-31-26(39-4)32-13-20/h5-6,11-13,19H,7-10,14-16H2,1-4H3. The lowest BCUT2D eigenvalue weighted by molar-refractivity contribution is -0.138. The second kappa shape index (κ2) is 10.4. The summed E-state index contributed by atoms with van der Waals surface area (Å²) in [5, 5.41) is 4.40. The van der Waals surface area contributed by atoms with Gasteiger partial charge in [-0.2, -0.15) is 18.3 Å². The van der Waals surface area contributed by atoms with Gasteiger partial charge in [0.15, 0.2) is 0 Å². The molecule has 1 amide bonds. The second-order valence-corrected chi connectivity index (χ2v) is 10.2. The minimum atomic E-state index is -4.44. The zero-order chi connectivity index (χ0) is 27.9. The summed E-state index contributed by atoms with van der Waals surface area (Å²) in [6.45, 7) is 8.19. The number of rotatable bonds is 5. The number of aryl methyl sites for hydroxylation is 2. The number of anilines is 2. The number of carbonyl (C=O) groups is 1. The summed E-state index contributed by atoms with van der Waals surface area (Å²) in [6, 6.07) is 4.83. The topological polar surface area (TPSA) is 79.6 Å². The predicted molar refractivity (Wildman–Crippen MR) is 140 cm³/mol. The number of carbonyl (C=O) groups excluding carboxylic acids is 1. The van der Waals surface area contributed by atoms with Crippen LogP contribution in [0.4, 0.5) is 24.5 Å². The number of amides is 1. The lowest BCUT2D eigenvalue weighted by atomic mass is 9.91. The molecule has 9 nitrogen and oxygen atoms in total. The number of nitrogens with zero attached hydrogens (tertiary/aromatic N) is 7. The van der Waals surface area contributed by atoms with Crippen molar-refractivity contribution >= 4 is 17.3 Å². The molecular formula is C27H32F3N7O2. The van der Waals surface area contributed by atoms with Gasteiger partial charge >= 0.3 is 12.2 Å². The van der Waals surface area contributed by atoms with Crippen molar-refractivity contribution in [2.24, 2.45) is 0 Å². The summed E-state index contributed by atoms with van der Waals surface area (Å²) in [5.74, 6) is -0.0199. The molecule has 12 heteroatoms. The maximum atomic E-state index is 14.0. The first-order valence-corrected chi connectivity index (χ1v) is 12.9. The van der Waals surface area contributed by atoms with Crippen molar-refractivity contribution in [3.8, 4) is 6.01 Å². The van der Waals surface area contributed by atoms with Crippen LogP contribution in [0.2, 0.25) is 0 Å². The summed E-state index contributed by atoms with van der Waals surface area (Å²) < 4.78 is 48.6. The van der Waals surface area contributed by atoms with Crippen LogP contribution in [0.1, 0.15) is 35.0 Å². The predicted octanol–water partition coefficient (Wildman–Crippen LogP) is 3.62. The van der Waals surface area contributed by atoms with Crippen molar-refractivity contribution < 1.29 is 22.7 Å². The van der Waals surface area contributed by atoms with Crippen LogP contribution in [0.5, 0.6) is 6.01 Å². The maximum Gasteiger partial charge on any atom is 0.416 e. The molecule has 39 heavy (non-hydrogen) atoms. The number of methoxy groups -OCH3 is 1. The van der Waals surface area contributed by atoms with E-state index >= 15 is 0 Å². The van der Waals surface area contributed by atoms with Gasteiger partial charge in [-0.25, -0.2) is 9.97 Å². The van der Waals surface area contributed by atoms with E-state index in [1.54, 1.807) is 23.1 Å². The van der Waals surface area contributed by atoms with E-state index in [2.05, 4.69) is 20.0 Å². The zero-order valence-corrected chi connectivity index (χ0v) is 22.5. The number of benzene rings is 1. The molecule has 2 aliphatic heterocycles. The van der Waals surface area contributed by atoms with E-state index in [1.165, 1.54) is 13.2 Å². The van der Waals surface area contributed by atoms with E-state index in [9.17, 15) is 18.0 Å². The molecule has 0 spiro atoms. The second-order valence-electron chi connectivity index (χ2n) is 10.2. The van der Waals surface area contributed by atoms with E-state index < -0.39 is 11.7 Å². The number of hydrogen-bond acceptors (Lipinski definition) is 7. The van der Waals surface area contributed by atoms with Crippen LogP contribution in [-0.2, 0) is 30.5 Å². The average molecular weight is 544 g/mol. The van der Waals surface area contributed by atoms with Crippen molar-refractivity contribution in [1.29, 1.82) is 0 Å². The molecule has 0 aliphatic carbocycles. The summed E-state index contributed by atoms with van der Waals surface area (Å²) in [5.41, 5.74) is 3.68. The molecule has 1 saturated heterocycles. The van der Waals surface area contributed by atoms with Crippen molar-refractivity contribution in [3.63, 3.8) is 0 Å². The third-order valence-corrected chi connectivity index (χ3v) is 7.53. The van der Waals surface area contributed by atoms with Gasteiger partial charge in [-0.15, -0.1) is 0 Å². The summed E-state index contributed by atoms with van der Waals surface area (Å²) in [7, 11) is 1.48. The molecule has 0 N–H and O–H groups in total. The zero-order valence-electron chi connectivity index (χ0n) is 22.5. The average Bonchev–Trinajstić information content (AvgIpc) is 3.22. The van der Waals surface area contributed by atoms with Crippen LogP contribution < -0.4 is 14.5 Å². The Morgan fingerprint density at radius 2 is 1.82 bits per heavy atom. The minimum absolute atomic E-state index is 0.0199. The van der Waals surface area contributed by atoms with Gasteiger partial charge in [0.05, 0.1) is 36.4 Å². The van der Waals surface area contributed by atoms with Gasteiger partial charge in [0.25, 0.3) is 0 Å². The fourth-order valence-corrected chi connectivity index (χ4v) is 5.62. The smallest absolute Gasteiger partial charge is 0.416 e. The molecule has 0 bridgehead atoms. The van der Waals surface area contributed by atoms with Crippen molar-refractivity contribution in [3.05, 3.63) is 58.7 Å². The molecule has 1 atom stereocenters. The summed E-state index contributed by atoms with van der Waals surface area (Å²) in [6.07, 6.45) is -0.936. The lowest BCUT2D eigenvalue weighted by Crippen LogP contribution is -2.55. The van der Waals surface area contributed by atoms with Gasteiger partial charge in [0.1, 0.15) is 6.54 Å². The molecule has 4 heterocycles. The molecule has 1 aromatic carbocycles. The number of alkyl halides is 3. The SMILES string of the molecule is COc1ncc(N2CCc3c(C(F)(F)F)ccc(N4CCN(C(=O)Cn5nc(C)cc5C)C(C)C4)c3C2)cn1. The van der Waals surface area contributed by atoms with Crippen LogP contribution in [0.3, 0.4) is 0 Å². The van der Waals surface area contributed by atoms with Gasteiger partial charge in [0.2, 0.25) is 5.91 Å². The number of halogens is 3. The normalized spacial score (nSPS) is 17.8. The fourth-order valence-electron chi connectivity index (χ4n) is 5.62. The highest BCUT2D eigenvalue weighted by Crippen LogP contribution is 2.40. The van der Waals surface area contributed by atoms with Crippen molar-refractivity contribution in [2.75, 3.05) is 43.1 Å². The van der Waals surface area contributed by atoms with E-state index in [1.807, 2.05) is 36.6 Å². The molecule has 5 rings (SSSR count). The van der Waals surface area contributed by atoms with E-state index in [0.717, 1.165) is 22.8 Å². The highest BCUT2D eigenvalue weighted by atomic mass is 19.4. The molecule has 2 aromatic heterocycles. The Labute approximate surface area is 225 Å². The van der Waals surface area contributed by atoms with Crippen LogP contribution in [0.15, 0.2) is 30.6 Å². The van der Waals surface area contributed by atoms with E-state index in [4.69, 9.17) is 4.74 Å². The van der Waals surface area contributed by atoms with E-state index in [0.29, 0.717) is 43.9 Å². The third-order valence-electron chi connectivity index (χ3n) is 7.53. The van der Waals surface area contributed by atoms with Crippen LogP contribution in [0.25, 0.3) is 0 Å². The quantitative estimate of drug-likeness (QED) is 0.487. The molecule has 1 fully saturated rings. The summed E-state index contributed by atoms with van der Waals surface area (Å²) in [4.78, 5) is 27.4. The Morgan fingerprint density at radius 1 is 1.08 bits per heavy atom. The van der Waals surface area contributed by atoms with Crippen LogP contribution >= 0.6 is 0 Å². The third kappa shape index (κ3) is 5.37.